The predicted molar refractivity (Wildman–Crippen MR) is 132 cm³/mol. The number of hydrogen-bond donors (Lipinski definition) is 1. The molecule has 3 aromatic heterocycles. The molecule has 33 heavy (non-hydrogen) atoms. The number of carbonyl (C=O) groups excluding carboxylic acids is 2. The third-order valence-electron chi connectivity index (χ3n) is 6.21. The largest absolute Gasteiger partial charge is 0.340 e. The Morgan fingerprint density at radius 1 is 1.24 bits per heavy atom. The van der Waals surface area contributed by atoms with E-state index in [2.05, 4.69) is 35.7 Å². The van der Waals surface area contributed by atoms with Crippen LogP contribution in [0.5, 0.6) is 0 Å². The molecule has 0 bridgehead atoms. The fourth-order valence-corrected chi connectivity index (χ4v) is 5.23. The van der Waals surface area contributed by atoms with E-state index in [1.165, 1.54) is 10.4 Å². The Morgan fingerprint density at radius 3 is 2.73 bits per heavy atom. The third-order valence-corrected chi connectivity index (χ3v) is 7.23. The van der Waals surface area contributed by atoms with Gasteiger partial charge in [-0.25, -0.2) is 9.67 Å². The van der Waals surface area contributed by atoms with Crippen LogP contribution < -0.4 is 5.32 Å². The van der Waals surface area contributed by atoms with Crippen LogP contribution >= 0.6 is 11.3 Å². The molecule has 0 radical (unpaired) electrons. The average Bonchev–Trinajstić information content (AvgIpc) is 3.43. The van der Waals surface area contributed by atoms with Crippen LogP contribution in [0.15, 0.2) is 23.7 Å². The Labute approximate surface area is 199 Å². The Morgan fingerprint density at radius 2 is 2.03 bits per heavy atom. The van der Waals surface area contributed by atoms with E-state index in [1.807, 2.05) is 36.4 Å². The Bertz CT molecular complexity index is 1160. The van der Waals surface area contributed by atoms with Crippen LogP contribution in [0.3, 0.4) is 0 Å². The number of fused-ring (bicyclic) bond motifs is 2. The highest BCUT2D eigenvalue weighted by atomic mass is 32.1. The molecule has 2 amide bonds. The number of amides is 2. The quantitative estimate of drug-likeness (QED) is 0.547. The SMILES string of the molecule is CCCC(NC(=O)c1cc(C(C)C)nc2c1cnn2C(C)C)C(=O)N1CCc2sccc2C1. The zero-order valence-electron chi connectivity index (χ0n) is 20.1. The van der Waals surface area contributed by atoms with E-state index < -0.39 is 6.04 Å². The zero-order chi connectivity index (χ0) is 23.7. The molecule has 3 aromatic rings. The van der Waals surface area contributed by atoms with Gasteiger partial charge in [0, 0.05) is 29.7 Å². The van der Waals surface area contributed by atoms with Crippen LogP contribution in [0.1, 0.15) is 85.9 Å². The van der Waals surface area contributed by atoms with Crippen molar-refractivity contribution < 1.29 is 9.59 Å². The van der Waals surface area contributed by atoms with Crippen molar-refractivity contribution in [3.05, 3.63) is 45.4 Å². The minimum Gasteiger partial charge on any atom is -0.340 e. The van der Waals surface area contributed by atoms with Gasteiger partial charge >= 0.3 is 0 Å². The van der Waals surface area contributed by atoms with Gasteiger partial charge in [-0.05, 0) is 55.7 Å². The molecule has 1 aliphatic heterocycles. The number of hydrogen-bond acceptors (Lipinski definition) is 5. The van der Waals surface area contributed by atoms with Gasteiger partial charge in [0.05, 0.1) is 17.1 Å². The summed E-state index contributed by atoms with van der Waals surface area (Å²) in [6, 6.07) is 3.53. The van der Waals surface area contributed by atoms with Gasteiger partial charge in [-0.1, -0.05) is 27.2 Å². The van der Waals surface area contributed by atoms with Crippen LogP contribution in [0.2, 0.25) is 0 Å². The number of pyridine rings is 1. The summed E-state index contributed by atoms with van der Waals surface area (Å²) < 4.78 is 1.85. The van der Waals surface area contributed by atoms with Crippen molar-refractivity contribution in [1.29, 1.82) is 0 Å². The number of thiophene rings is 1. The van der Waals surface area contributed by atoms with Gasteiger partial charge in [0.2, 0.25) is 5.91 Å². The topological polar surface area (TPSA) is 80.1 Å². The fourth-order valence-electron chi connectivity index (χ4n) is 4.34. The highest BCUT2D eigenvalue weighted by molar-refractivity contribution is 7.10. The van der Waals surface area contributed by atoms with Crippen LogP contribution in [0, 0.1) is 0 Å². The van der Waals surface area contributed by atoms with Gasteiger partial charge in [-0.15, -0.1) is 11.3 Å². The minimum atomic E-state index is -0.548. The molecule has 0 aliphatic carbocycles. The van der Waals surface area contributed by atoms with Gasteiger partial charge in [0.1, 0.15) is 6.04 Å². The van der Waals surface area contributed by atoms with Gasteiger partial charge in [-0.2, -0.15) is 5.10 Å². The molecule has 1 N–H and O–H groups in total. The maximum atomic E-state index is 13.5. The lowest BCUT2D eigenvalue weighted by atomic mass is 10.0. The summed E-state index contributed by atoms with van der Waals surface area (Å²) in [5.74, 6) is -0.0837. The first-order chi connectivity index (χ1) is 15.8. The van der Waals surface area contributed by atoms with Crippen LogP contribution in [-0.4, -0.2) is 44.1 Å². The summed E-state index contributed by atoms with van der Waals surface area (Å²) in [6.07, 6.45) is 4.00. The van der Waals surface area contributed by atoms with Crippen LogP contribution in [-0.2, 0) is 17.8 Å². The number of nitrogens with zero attached hydrogens (tertiary/aromatic N) is 4. The molecule has 4 rings (SSSR count). The maximum absolute atomic E-state index is 13.5. The summed E-state index contributed by atoms with van der Waals surface area (Å²) >= 11 is 1.75. The summed E-state index contributed by atoms with van der Waals surface area (Å²) in [7, 11) is 0. The molecule has 4 heterocycles. The molecule has 0 saturated carbocycles. The lowest BCUT2D eigenvalue weighted by molar-refractivity contribution is -0.134. The van der Waals surface area contributed by atoms with E-state index in [9.17, 15) is 9.59 Å². The standard InChI is InChI=1S/C25H33N5O2S/c1-6-7-20(25(32)29-10-8-22-17(14-29)9-11-33-22)28-24(31)18-12-21(15(2)3)27-23-19(18)13-26-30(23)16(4)5/h9,11-13,15-16,20H,6-8,10,14H2,1-5H3,(H,28,31). The van der Waals surface area contributed by atoms with Gasteiger partial charge in [0.25, 0.3) is 5.91 Å². The minimum absolute atomic E-state index is 0.00527. The highest BCUT2D eigenvalue weighted by Crippen LogP contribution is 2.26. The predicted octanol–water partition coefficient (Wildman–Crippen LogP) is 4.68. The molecule has 0 spiro atoms. The smallest absolute Gasteiger partial charge is 0.252 e. The van der Waals surface area contributed by atoms with E-state index in [0.717, 1.165) is 18.5 Å². The van der Waals surface area contributed by atoms with Crippen molar-refractivity contribution in [3.8, 4) is 0 Å². The monoisotopic (exact) mass is 467 g/mol. The normalized spacial score (nSPS) is 14.7. The second kappa shape index (κ2) is 9.63. The van der Waals surface area contributed by atoms with E-state index in [-0.39, 0.29) is 23.8 Å². The average molecular weight is 468 g/mol. The fraction of sp³-hybridized carbons (Fsp3) is 0.520. The molecule has 176 valence electrons. The first-order valence-electron chi connectivity index (χ1n) is 11.8. The lowest BCUT2D eigenvalue weighted by Crippen LogP contribution is -2.49. The molecule has 0 saturated heterocycles. The second-order valence-corrected chi connectivity index (χ2v) is 10.4. The second-order valence-electron chi connectivity index (χ2n) is 9.36. The molecule has 1 atom stereocenters. The van der Waals surface area contributed by atoms with Crippen molar-refractivity contribution in [2.24, 2.45) is 0 Å². The number of rotatable bonds is 7. The number of aromatic nitrogens is 3. The Balaban J connectivity index is 1.62. The lowest BCUT2D eigenvalue weighted by Gasteiger charge is -2.31. The highest BCUT2D eigenvalue weighted by Gasteiger charge is 2.29. The van der Waals surface area contributed by atoms with Gasteiger partial charge in [-0.3, -0.25) is 9.59 Å². The van der Waals surface area contributed by atoms with Gasteiger partial charge < -0.3 is 10.2 Å². The van der Waals surface area contributed by atoms with Crippen LogP contribution in [0.4, 0.5) is 0 Å². The molecule has 0 aromatic carbocycles. The Kier molecular flexibility index (Phi) is 6.83. The summed E-state index contributed by atoms with van der Waals surface area (Å²) in [5.41, 5.74) is 3.30. The first kappa shape index (κ1) is 23.4. The first-order valence-corrected chi connectivity index (χ1v) is 12.7. The molecular weight excluding hydrogens is 434 g/mol. The van der Waals surface area contributed by atoms with E-state index >= 15 is 0 Å². The summed E-state index contributed by atoms with van der Waals surface area (Å²) in [5, 5.41) is 10.3. The van der Waals surface area contributed by atoms with E-state index in [0.29, 0.717) is 36.1 Å². The molecule has 7 nitrogen and oxygen atoms in total. The van der Waals surface area contributed by atoms with Crippen molar-refractivity contribution in [2.75, 3.05) is 6.54 Å². The molecule has 1 aliphatic rings. The molecular formula is C25H33N5O2S. The third kappa shape index (κ3) is 4.67. The zero-order valence-corrected chi connectivity index (χ0v) is 20.9. The molecule has 0 fully saturated rings. The van der Waals surface area contributed by atoms with Gasteiger partial charge in [0.15, 0.2) is 5.65 Å². The van der Waals surface area contributed by atoms with E-state index in [4.69, 9.17) is 4.98 Å². The van der Waals surface area contributed by atoms with Crippen molar-refractivity contribution in [3.63, 3.8) is 0 Å². The van der Waals surface area contributed by atoms with Crippen molar-refractivity contribution in [1.82, 2.24) is 25.0 Å². The summed E-state index contributed by atoms with van der Waals surface area (Å²) in [6.45, 7) is 11.6. The number of carbonyl (C=O) groups is 2. The summed E-state index contributed by atoms with van der Waals surface area (Å²) in [4.78, 5) is 34.9. The van der Waals surface area contributed by atoms with Crippen molar-refractivity contribution >= 4 is 34.2 Å². The molecule has 1 unspecified atom stereocenters. The van der Waals surface area contributed by atoms with Crippen molar-refractivity contribution in [2.45, 2.75) is 78.4 Å². The van der Waals surface area contributed by atoms with E-state index in [1.54, 1.807) is 17.5 Å². The number of nitrogens with one attached hydrogen (secondary N) is 1. The Hall–Kier alpha value is -2.74. The maximum Gasteiger partial charge on any atom is 0.252 e. The molecule has 8 heteroatoms. The van der Waals surface area contributed by atoms with Crippen LogP contribution in [0.25, 0.3) is 11.0 Å².